The molecule has 2 heterocycles. The average molecular weight is 263 g/mol. The number of carbonyl (C=O) groups is 3. The predicted molar refractivity (Wildman–Crippen MR) is 64.2 cm³/mol. The molecule has 1 atom stereocenters. The molecule has 0 aromatic carbocycles. The maximum atomic E-state index is 11.7. The van der Waals surface area contributed by atoms with E-state index in [1.54, 1.807) is 0 Å². The monoisotopic (exact) mass is 263 g/mol. The van der Waals surface area contributed by atoms with Crippen LogP contribution in [0.3, 0.4) is 0 Å². The van der Waals surface area contributed by atoms with E-state index >= 15 is 0 Å². The van der Waals surface area contributed by atoms with E-state index in [9.17, 15) is 14.4 Å². The molecule has 0 radical (unpaired) electrons. The van der Waals surface area contributed by atoms with Gasteiger partial charge in [-0.1, -0.05) is 0 Å². The van der Waals surface area contributed by atoms with Crippen LogP contribution < -0.4 is 10.6 Å². The first kappa shape index (κ1) is 13.0. The zero-order chi connectivity index (χ0) is 13.8. The minimum atomic E-state index is -1.04. The number of aromatic nitrogens is 1. The molecule has 1 aromatic heterocycles. The smallest absolute Gasteiger partial charge is 0.335 e. The van der Waals surface area contributed by atoms with Crippen molar-refractivity contribution in [3.05, 3.63) is 29.6 Å². The van der Waals surface area contributed by atoms with Crippen molar-refractivity contribution in [3.8, 4) is 0 Å². The number of pyridine rings is 1. The fourth-order valence-corrected chi connectivity index (χ4v) is 1.82. The summed E-state index contributed by atoms with van der Waals surface area (Å²) in [5.41, 5.74) is 0.575. The zero-order valence-electron chi connectivity index (χ0n) is 10.0. The Hall–Kier alpha value is -2.44. The largest absolute Gasteiger partial charge is 0.478 e. The van der Waals surface area contributed by atoms with E-state index in [1.807, 2.05) is 0 Å². The summed E-state index contributed by atoms with van der Waals surface area (Å²) in [5, 5.41) is 14.0. The Kier molecular flexibility index (Phi) is 3.74. The van der Waals surface area contributed by atoms with Crippen LogP contribution in [0.2, 0.25) is 0 Å². The molecule has 19 heavy (non-hydrogen) atoms. The van der Waals surface area contributed by atoms with Crippen molar-refractivity contribution >= 4 is 17.8 Å². The van der Waals surface area contributed by atoms with Crippen molar-refractivity contribution < 1.29 is 19.5 Å². The van der Waals surface area contributed by atoms with E-state index in [0.29, 0.717) is 18.5 Å². The molecule has 100 valence electrons. The van der Waals surface area contributed by atoms with Gasteiger partial charge in [-0.15, -0.1) is 0 Å². The normalized spacial score (nSPS) is 17.9. The van der Waals surface area contributed by atoms with Crippen LogP contribution in [0.5, 0.6) is 0 Å². The SMILES string of the molecule is O=C1CCC(C(=O)NCc2cc(C(=O)O)ccn2)N1. The molecule has 1 saturated heterocycles. The molecular weight excluding hydrogens is 250 g/mol. The molecule has 2 amide bonds. The van der Waals surface area contributed by atoms with Crippen molar-refractivity contribution in [3.63, 3.8) is 0 Å². The summed E-state index contributed by atoms with van der Waals surface area (Å²) >= 11 is 0. The Balaban J connectivity index is 1.91. The van der Waals surface area contributed by atoms with E-state index in [4.69, 9.17) is 5.11 Å². The van der Waals surface area contributed by atoms with Gasteiger partial charge in [-0.3, -0.25) is 14.6 Å². The summed E-state index contributed by atoms with van der Waals surface area (Å²) < 4.78 is 0. The minimum Gasteiger partial charge on any atom is -0.478 e. The Morgan fingerprint density at radius 3 is 2.95 bits per heavy atom. The molecule has 1 aliphatic rings. The van der Waals surface area contributed by atoms with Gasteiger partial charge < -0.3 is 15.7 Å². The summed E-state index contributed by atoms with van der Waals surface area (Å²) in [6.45, 7) is 0.131. The standard InChI is InChI=1S/C12H13N3O4/c16-10-2-1-9(15-10)11(17)14-6-8-5-7(12(18)19)3-4-13-8/h3-5,9H,1-2,6H2,(H,14,17)(H,15,16)(H,18,19). The number of nitrogens with one attached hydrogen (secondary N) is 2. The lowest BCUT2D eigenvalue weighted by Gasteiger charge is -2.10. The van der Waals surface area contributed by atoms with Crippen LogP contribution in [0.15, 0.2) is 18.3 Å². The van der Waals surface area contributed by atoms with Crippen LogP contribution >= 0.6 is 0 Å². The summed E-state index contributed by atoms with van der Waals surface area (Å²) in [4.78, 5) is 37.4. The quantitative estimate of drug-likeness (QED) is 0.689. The predicted octanol–water partition coefficient (Wildman–Crippen LogP) is -0.325. The van der Waals surface area contributed by atoms with Gasteiger partial charge in [-0.2, -0.15) is 0 Å². The number of carboxylic acids is 1. The lowest BCUT2D eigenvalue weighted by molar-refractivity contribution is -0.125. The number of rotatable bonds is 4. The summed E-state index contributed by atoms with van der Waals surface area (Å²) in [7, 11) is 0. The highest BCUT2D eigenvalue weighted by atomic mass is 16.4. The molecule has 0 aliphatic carbocycles. The third kappa shape index (κ3) is 3.27. The van der Waals surface area contributed by atoms with Crippen molar-refractivity contribution in [2.24, 2.45) is 0 Å². The Bertz CT molecular complexity index is 529. The van der Waals surface area contributed by atoms with Gasteiger partial charge in [0.05, 0.1) is 17.8 Å². The molecule has 2 rings (SSSR count). The molecule has 0 saturated carbocycles. The third-order valence-corrected chi connectivity index (χ3v) is 2.82. The van der Waals surface area contributed by atoms with Gasteiger partial charge in [0.1, 0.15) is 6.04 Å². The van der Waals surface area contributed by atoms with Crippen LogP contribution in [0.25, 0.3) is 0 Å². The summed E-state index contributed by atoms with van der Waals surface area (Å²) in [6, 6.07) is 2.27. The number of carboxylic acid groups (broad SMARTS) is 1. The third-order valence-electron chi connectivity index (χ3n) is 2.82. The number of aromatic carboxylic acids is 1. The van der Waals surface area contributed by atoms with E-state index in [2.05, 4.69) is 15.6 Å². The molecular formula is C12H13N3O4. The van der Waals surface area contributed by atoms with Crippen LogP contribution in [0, 0.1) is 0 Å². The molecule has 1 fully saturated rings. The van der Waals surface area contributed by atoms with Crippen molar-refractivity contribution in [2.75, 3.05) is 0 Å². The van der Waals surface area contributed by atoms with Crippen molar-refractivity contribution in [1.82, 2.24) is 15.6 Å². The molecule has 3 N–H and O–H groups in total. The first-order valence-electron chi connectivity index (χ1n) is 5.81. The molecule has 1 aromatic rings. The first-order chi connectivity index (χ1) is 9.06. The lowest BCUT2D eigenvalue weighted by atomic mass is 10.2. The minimum absolute atomic E-state index is 0.119. The van der Waals surface area contributed by atoms with Gasteiger partial charge in [0, 0.05) is 12.6 Å². The highest BCUT2D eigenvalue weighted by Crippen LogP contribution is 2.07. The van der Waals surface area contributed by atoms with Crippen LogP contribution in [-0.2, 0) is 16.1 Å². The summed E-state index contributed by atoms with van der Waals surface area (Å²) in [6.07, 6.45) is 2.21. The maximum Gasteiger partial charge on any atom is 0.335 e. The second-order valence-corrected chi connectivity index (χ2v) is 4.22. The number of hydrogen-bond acceptors (Lipinski definition) is 4. The van der Waals surface area contributed by atoms with Crippen molar-refractivity contribution in [1.29, 1.82) is 0 Å². The molecule has 0 bridgehead atoms. The van der Waals surface area contributed by atoms with Gasteiger partial charge in [0.15, 0.2) is 0 Å². The zero-order valence-corrected chi connectivity index (χ0v) is 10.0. The number of hydrogen-bond donors (Lipinski definition) is 3. The second-order valence-electron chi connectivity index (χ2n) is 4.22. The van der Waals surface area contributed by atoms with E-state index < -0.39 is 12.0 Å². The lowest BCUT2D eigenvalue weighted by Crippen LogP contribution is -2.41. The average Bonchev–Trinajstić information content (AvgIpc) is 2.83. The van der Waals surface area contributed by atoms with Gasteiger partial charge in [-0.25, -0.2) is 4.79 Å². The fraction of sp³-hybridized carbons (Fsp3) is 0.333. The van der Waals surface area contributed by atoms with Gasteiger partial charge >= 0.3 is 5.97 Å². The van der Waals surface area contributed by atoms with Gasteiger partial charge in [-0.05, 0) is 18.6 Å². The van der Waals surface area contributed by atoms with Crippen LogP contribution in [0.4, 0.5) is 0 Å². The van der Waals surface area contributed by atoms with Crippen LogP contribution in [-0.4, -0.2) is 33.9 Å². The molecule has 1 aliphatic heterocycles. The number of carbonyl (C=O) groups excluding carboxylic acids is 2. The van der Waals surface area contributed by atoms with Crippen molar-refractivity contribution in [2.45, 2.75) is 25.4 Å². The van der Waals surface area contributed by atoms with E-state index in [-0.39, 0.29) is 23.9 Å². The van der Waals surface area contributed by atoms with Gasteiger partial charge in [0.25, 0.3) is 0 Å². The van der Waals surface area contributed by atoms with Gasteiger partial charge in [0.2, 0.25) is 11.8 Å². The van der Waals surface area contributed by atoms with Crippen LogP contribution in [0.1, 0.15) is 28.9 Å². The molecule has 7 nitrogen and oxygen atoms in total. The molecule has 7 heteroatoms. The topological polar surface area (TPSA) is 108 Å². The molecule has 1 unspecified atom stereocenters. The van der Waals surface area contributed by atoms with E-state index in [0.717, 1.165) is 0 Å². The Labute approximate surface area is 109 Å². The second kappa shape index (κ2) is 5.47. The number of nitrogens with zero attached hydrogens (tertiary/aromatic N) is 1. The molecule has 0 spiro atoms. The number of amides is 2. The highest BCUT2D eigenvalue weighted by molar-refractivity contribution is 5.90. The Morgan fingerprint density at radius 2 is 2.32 bits per heavy atom. The fourth-order valence-electron chi connectivity index (χ4n) is 1.82. The maximum absolute atomic E-state index is 11.7. The van der Waals surface area contributed by atoms with E-state index in [1.165, 1.54) is 18.3 Å². The Morgan fingerprint density at radius 1 is 1.53 bits per heavy atom. The first-order valence-corrected chi connectivity index (χ1v) is 5.81. The summed E-state index contributed by atoms with van der Waals surface area (Å²) in [5.74, 6) is -1.46. The highest BCUT2D eigenvalue weighted by Gasteiger charge is 2.26.